The maximum absolute atomic E-state index is 12.7. The summed E-state index contributed by atoms with van der Waals surface area (Å²) in [7, 11) is 0. The van der Waals surface area contributed by atoms with Gasteiger partial charge in [0, 0.05) is 12.1 Å². The lowest BCUT2D eigenvalue weighted by molar-refractivity contribution is -0.186. The Labute approximate surface area is 145 Å². The number of carbonyl (C=O) groups excluding carboxylic acids is 2. The molecule has 2 rings (SSSR count). The molecular weight excluding hydrogens is 333 g/mol. The van der Waals surface area contributed by atoms with E-state index in [2.05, 4.69) is 5.32 Å². The van der Waals surface area contributed by atoms with Crippen molar-refractivity contribution in [3.05, 3.63) is 35.4 Å². The Bertz CT molecular complexity index is 639. The van der Waals surface area contributed by atoms with Gasteiger partial charge in [0.25, 0.3) is 0 Å². The summed E-state index contributed by atoms with van der Waals surface area (Å²) in [5.74, 6) is -2.48. The standard InChI is InChI=1S/C18H23F3N2O2/c1-12-6-8-13(9-7-12)11-17(2,3)22-15(24)14-5-4-10-23(14)16(25)18(19,20)21/h6-9,14H,4-5,10-11H2,1-3H3,(H,22,24). The van der Waals surface area contributed by atoms with Gasteiger partial charge in [-0.15, -0.1) is 0 Å². The molecule has 1 aliphatic heterocycles. The van der Waals surface area contributed by atoms with Crippen LogP contribution in [0.5, 0.6) is 0 Å². The van der Waals surface area contributed by atoms with Crippen LogP contribution in [0.4, 0.5) is 13.2 Å². The second-order valence-electron chi connectivity index (χ2n) is 7.19. The van der Waals surface area contributed by atoms with E-state index in [0.717, 1.165) is 11.1 Å². The molecule has 1 saturated heterocycles. The fraction of sp³-hybridized carbons (Fsp3) is 0.556. The van der Waals surface area contributed by atoms with Gasteiger partial charge in [-0.1, -0.05) is 29.8 Å². The zero-order valence-corrected chi connectivity index (χ0v) is 14.6. The molecule has 7 heteroatoms. The van der Waals surface area contributed by atoms with Crippen molar-refractivity contribution < 1.29 is 22.8 Å². The van der Waals surface area contributed by atoms with Gasteiger partial charge in [-0.2, -0.15) is 13.2 Å². The minimum absolute atomic E-state index is 0.0468. The molecule has 2 amide bonds. The number of carbonyl (C=O) groups is 2. The Kier molecular flexibility index (Phi) is 5.44. The number of hydrogen-bond donors (Lipinski definition) is 1. The van der Waals surface area contributed by atoms with Crippen molar-refractivity contribution in [2.75, 3.05) is 6.54 Å². The summed E-state index contributed by atoms with van der Waals surface area (Å²) in [5, 5.41) is 2.80. The molecule has 1 N–H and O–H groups in total. The summed E-state index contributed by atoms with van der Waals surface area (Å²) in [5.41, 5.74) is 1.51. The fourth-order valence-corrected chi connectivity index (χ4v) is 3.12. The smallest absolute Gasteiger partial charge is 0.349 e. The SMILES string of the molecule is Cc1ccc(CC(C)(C)NC(=O)C2CCCN2C(=O)C(F)(F)F)cc1. The number of likely N-dealkylation sites (tertiary alicyclic amines) is 1. The van der Waals surface area contributed by atoms with Crippen LogP contribution in [0, 0.1) is 6.92 Å². The van der Waals surface area contributed by atoms with Crippen molar-refractivity contribution in [2.24, 2.45) is 0 Å². The van der Waals surface area contributed by atoms with Gasteiger partial charge < -0.3 is 10.2 Å². The van der Waals surface area contributed by atoms with Crippen molar-refractivity contribution in [3.8, 4) is 0 Å². The number of aryl methyl sites for hydroxylation is 1. The second-order valence-corrected chi connectivity index (χ2v) is 7.19. The van der Waals surface area contributed by atoms with E-state index in [1.54, 1.807) is 0 Å². The first kappa shape index (κ1) is 19.3. The predicted molar refractivity (Wildman–Crippen MR) is 87.9 cm³/mol. The molecule has 0 radical (unpaired) electrons. The predicted octanol–water partition coefficient (Wildman–Crippen LogP) is 2.99. The van der Waals surface area contributed by atoms with Crippen molar-refractivity contribution >= 4 is 11.8 Å². The third-order valence-electron chi connectivity index (χ3n) is 4.29. The molecule has 25 heavy (non-hydrogen) atoms. The Hall–Kier alpha value is -2.05. The van der Waals surface area contributed by atoms with E-state index < -0.39 is 29.6 Å². The highest BCUT2D eigenvalue weighted by molar-refractivity contribution is 5.90. The van der Waals surface area contributed by atoms with Gasteiger partial charge in [0.05, 0.1) is 0 Å². The van der Waals surface area contributed by atoms with Gasteiger partial charge in [-0.25, -0.2) is 0 Å². The molecule has 4 nitrogen and oxygen atoms in total. The molecular formula is C18H23F3N2O2. The number of alkyl halides is 3. The molecule has 1 atom stereocenters. The summed E-state index contributed by atoms with van der Waals surface area (Å²) >= 11 is 0. The lowest BCUT2D eigenvalue weighted by Crippen LogP contribution is -2.55. The van der Waals surface area contributed by atoms with E-state index in [1.807, 2.05) is 45.0 Å². The first-order chi connectivity index (χ1) is 11.5. The molecule has 0 saturated carbocycles. The van der Waals surface area contributed by atoms with Crippen LogP contribution in [-0.4, -0.2) is 41.0 Å². The number of halogens is 3. The van der Waals surface area contributed by atoms with Crippen LogP contribution in [0.15, 0.2) is 24.3 Å². The highest BCUT2D eigenvalue weighted by atomic mass is 19.4. The molecule has 1 aromatic carbocycles. The minimum atomic E-state index is -4.96. The van der Waals surface area contributed by atoms with Crippen LogP contribution in [0.2, 0.25) is 0 Å². The largest absolute Gasteiger partial charge is 0.471 e. The molecule has 1 aliphatic rings. The molecule has 1 unspecified atom stereocenters. The van der Waals surface area contributed by atoms with Gasteiger partial charge in [0.1, 0.15) is 6.04 Å². The van der Waals surface area contributed by atoms with Gasteiger partial charge in [-0.05, 0) is 45.6 Å². The van der Waals surface area contributed by atoms with Crippen molar-refractivity contribution in [2.45, 2.75) is 57.8 Å². The lowest BCUT2D eigenvalue weighted by Gasteiger charge is -2.31. The van der Waals surface area contributed by atoms with E-state index in [-0.39, 0.29) is 13.0 Å². The summed E-state index contributed by atoms with van der Waals surface area (Å²) in [4.78, 5) is 24.6. The topological polar surface area (TPSA) is 49.4 Å². The number of rotatable bonds is 4. The van der Waals surface area contributed by atoms with Gasteiger partial charge in [0.15, 0.2) is 0 Å². The Morgan fingerprint density at radius 1 is 1.20 bits per heavy atom. The second kappa shape index (κ2) is 7.06. The Balaban J connectivity index is 2.04. The number of nitrogens with one attached hydrogen (secondary N) is 1. The lowest BCUT2D eigenvalue weighted by atomic mass is 9.94. The quantitative estimate of drug-likeness (QED) is 0.902. The number of amides is 2. The molecule has 0 aromatic heterocycles. The van der Waals surface area contributed by atoms with E-state index in [4.69, 9.17) is 0 Å². The third kappa shape index (κ3) is 4.96. The maximum Gasteiger partial charge on any atom is 0.471 e. The maximum atomic E-state index is 12.7. The van der Waals surface area contributed by atoms with E-state index >= 15 is 0 Å². The summed E-state index contributed by atoms with van der Waals surface area (Å²) < 4.78 is 38.0. The number of hydrogen-bond acceptors (Lipinski definition) is 2. The average Bonchev–Trinajstić information content (AvgIpc) is 2.96. The first-order valence-corrected chi connectivity index (χ1v) is 8.25. The third-order valence-corrected chi connectivity index (χ3v) is 4.29. The summed E-state index contributed by atoms with van der Waals surface area (Å²) in [6.07, 6.45) is -3.79. The van der Waals surface area contributed by atoms with Crippen LogP contribution in [0.25, 0.3) is 0 Å². The van der Waals surface area contributed by atoms with E-state index in [9.17, 15) is 22.8 Å². The molecule has 1 aromatic rings. The van der Waals surface area contributed by atoms with Gasteiger partial charge in [0.2, 0.25) is 5.91 Å². The fourth-order valence-electron chi connectivity index (χ4n) is 3.12. The normalized spacial score (nSPS) is 18.3. The van der Waals surface area contributed by atoms with E-state index in [1.165, 1.54) is 0 Å². The van der Waals surface area contributed by atoms with E-state index in [0.29, 0.717) is 17.7 Å². The minimum Gasteiger partial charge on any atom is -0.349 e. The molecule has 0 bridgehead atoms. The van der Waals surface area contributed by atoms with Crippen molar-refractivity contribution in [1.29, 1.82) is 0 Å². The number of nitrogens with zero attached hydrogens (tertiary/aromatic N) is 1. The molecule has 1 heterocycles. The van der Waals surface area contributed by atoms with Crippen molar-refractivity contribution in [3.63, 3.8) is 0 Å². The van der Waals surface area contributed by atoms with Crippen LogP contribution in [-0.2, 0) is 16.0 Å². The van der Waals surface area contributed by atoms with Crippen LogP contribution in [0.1, 0.15) is 37.8 Å². The van der Waals surface area contributed by atoms with Crippen molar-refractivity contribution in [1.82, 2.24) is 10.2 Å². The van der Waals surface area contributed by atoms with Gasteiger partial charge in [-0.3, -0.25) is 9.59 Å². The van der Waals surface area contributed by atoms with Crippen LogP contribution < -0.4 is 5.32 Å². The molecule has 0 aliphatic carbocycles. The zero-order valence-electron chi connectivity index (χ0n) is 14.6. The van der Waals surface area contributed by atoms with Gasteiger partial charge >= 0.3 is 12.1 Å². The Morgan fingerprint density at radius 3 is 2.36 bits per heavy atom. The average molecular weight is 356 g/mol. The Morgan fingerprint density at radius 2 is 1.80 bits per heavy atom. The van der Waals surface area contributed by atoms with Crippen LogP contribution >= 0.6 is 0 Å². The summed E-state index contributed by atoms with van der Waals surface area (Å²) in [6.45, 7) is 5.56. The monoisotopic (exact) mass is 356 g/mol. The summed E-state index contributed by atoms with van der Waals surface area (Å²) in [6, 6.07) is 6.78. The van der Waals surface area contributed by atoms with Crippen LogP contribution in [0.3, 0.4) is 0 Å². The highest BCUT2D eigenvalue weighted by Gasteiger charge is 2.48. The molecule has 1 fully saturated rings. The highest BCUT2D eigenvalue weighted by Crippen LogP contribution is 2.26. The molecule has 0 spiro atoms. The molecule has 138 valence electrons. The zero-order chi connectivity index (χ0) is 18.8. The number of benzene rings is 1. The first-order valence-electron chi connectivity index (χ1n) is 8.25.